The van der Waals surface area contributed by atoms with E-state index in [2.05, 4.69) is 33.1 Å². The van der Waals surface area contributed by atoms with Gasteiger partial charge in [0.1, 0.15) is 18.1 Å². The number of carbonyl (C=O) groups excluding carboxylic acids is 2. The van der Waals surface area contributed by atoms with Gasteiger partial charge in [-0.15, -0.1) is 0 Å². The first-order valence-electron chi connectivity index (χ1n) is 11.7. The monoisotopic (exact) mass is 452 g/mol. The Morgan fingerprint density at radius 1 is 1.15 bits per heavy atom. The zero-order valence-electron chi connectivity index (χ0n) is 19.2. The third-order valence-corrected chi connectivity index (χ3v) is 6.49. The third kappa shape index (κ3) is 6.36. The molecule has 33 heavy (non-hydrogen) atoms. The molecule has 0 aliphatic carbocycles. The van der Waals surface area contributed by atoms with Crippen molar-refractivity contribution in [2.24, 2.45) is 0 Å². The average Bonchev–Trinajstić information content (AvgIpc) is 2.83. The molecule has 1 aromatic carbocycles. The number of amides is 1. The number of carbonyl (C=O) groups is 2. The van der Waals surface area contributed by atoms with Gasteiger partial charge in [-0.1, -0.05) is 24.3 Å². The van der Waals surface area contributed by atoms with Crippen molar-refractivity contribution in [3.63, 3.8) is 0 Å². The summed E-state index contributed by atoms with van der Waals surface area (Å²) in [5, 5.41) is 10.5. The number of Topliss-reactive ketones (excluding diaryl/α,β-unsaturated/α-hetero) is 1. The highest BCUT2D eigenvalue weighted by atomic mass is 16.5. The van der Waals surface area contributed by atoms with Gasteiger partial charge in [0, 0.05) is 65.0 Å². The number of aromatic nitrogens is 2. The van der Waals surface area contributed by atoms with E-state index >= 15 is 0 Å². The number of likely N-dealkylation sites (tertiary alicyclic amines) is 1. The van der Waals surface area contributed by atoms with Crippen LogP contribution in [0.15, 0.2) is 36.7 Å². The van der Waals surface area contributed by atoms with Gasteiger partial charge in [-0.3, -0.25) is 14.5 Å². The number of rotatable bonds is 8. The number of aliphatic hydroxyl groups is 1. The summed E-state index contributed by atoms with van der Waals surface area (Å²) in [6.45, 7) is 5.21. The highest BCUT2D eigenvalue weighted by molar-refractivity contribution is 5.94. The molecular weight excluding hydrogens is 420 g/mol. The molecule has 2 aromatic rings. The zero-order valence-corrected chi connectivity index (χ0v) is 19.2. The maximum Gasteiger partial charge on any atom is 0.219 e. The molecule has 1 fully saturated rings. The van der Waals surface area contributed by atoms with E-state index < -0.39 is 6.10 Å². The van der Waals surface area contributed by atoms with Crippen LogP contribution in [0.1, 0.15) is 54.2 Å². The Balaban J connectivity index is 1.23. The van der Waals surface area contributed by atoms with Crippen molar-refractivity contribution in [3.8, 4) is 5.88 Å². The average molecular weight is 453 g/mol. The van der Waals surface area contributed by atoms with Gasteiger partial charge in [-0.05, 0) is 24.0 Å². The number of ketones is 1. The molecule has 3 heterocycles. The molecule has 8 heteroatoms. The molecule has 1 N–H and O–H groups in total. The van der Waals surface area contributed by atoms with Gasteiger partial charge in [0.15, 0.2) is 5.78 Å². The topological polar surface area (TPSA) is 95.9 Å². The van der Waals surface area contributed by atoms with Crippen LogP contribution in [0.5, 0.6) is 5.88 Å². The Morgan fingerprint density at radius 3 is 2.67 bits per heavy atom. The van der Waals surface area contributed by atoms with Gasteiger partial charge < -0.3 is 14.7 Å². The number of ether oxygens (including phenoxy) is 1. The number of fused-ring (bicyclic) bond motifs is 1. The van der Waals surface area contributed by atoms with E-state index in [0.29, 0.717) is 37.6 Å². The largest absolute Gasteiger partial charge is 0.474 e. The van der Waals surface area contributed by atoms with Gasteiger partial charge in [0.25, 0.3) is 0 Å². The minimum absolute atomic E-state index is 0.0325. The van der Waals surface area contributed by atoms with E-state index in [1.165, 1.54) is 17.5 Å². The fourth-order valence-electron chi connectivity index (χ4n) is 4.54. The second-order valence-corrected chi connectivity index (χ2v) is 8.93. The van der Waals surface area contributed by atoms with Crippen molar-refractivity contribution in [1.82, 2.24) is 19.8 Å². The first kappa shape index (κ1) is 23.3. The summed E-state index contributed by atoms with van der Waals surface area (Å²) in [6.07, 6.45) is 3.81. The number of piperidine rings is 1. The van der Waals surface area contributed by atoms with Crippen LogP contribution in [0.3, 0.4) is 0 Å². The SMILES string of the molecule is CC(=O)N1CCC(Oc2cc(C(=O)CC[C@H](O)CN3CCc4ccccc4C3)ncn2)CC1. The van der Waals surface area contributed by atoms with Crippen molar-refractivity contribution in [2.75, 3.05) is 26.2 Å². The number of benzene rings is 1. The predicted molar refractivity (Wildman–Crippen MR) is 123 cm³/mol. The second kappa shape index (κ2) is 10.9. The summed E-state index contributed by atoms with van der Waals surface area (Å²) in [7, 11) is 0. The molecule has 0 saturated carbocycles. The Kier molecular flexibility index (Phi) is 7.67. The lowest BCUT2D eigenvalue weighted by Crippen LogP contribution is -2.40. The second-order valence-electron chi connectivity index (χ2n) is 8.93. The number of nitrogens with zero attached hydrogens (tertiary/aromatic N) is 4. The van der Waals surface area contributed by atoms with Crippen molar-refractivity contribution in [3.05, 3.63) is 53.5 Å². The van der Waals surface area contributed by atoms with Crippen LogP contribution in [-0.4, -0.2) is 75.0 Å². The van der Waals surface area contributed by atoms with E-state index in [-0.39, 0.29) is 24.2 Å². The fourth-order valence-corrected chi connectivity index (χ4v) is 4.54. The standard InChI is InChI=1S/C25H32N4O4/c1-18(30)29-12-9-22(10-13-29)33-25-14-23(26-17-27-25)24(32)7-6-21(31)16-28-11-8-19-4-2-3-5-20(19)15-28/h2-5,14,17,21-22,31H,6-13,15-16H2,1H3/t21-/m0/s1. The van der Waals surface area contributed by atoms with E-state index in [1.807, 2.05) is 11.0 Å². The normalized spacial score (nSPS) is 17.9. The Morgan fingerprint density at radius 2 is 1.91 bits per heavy atom. The van der Waals surface area contributed by atoms with Crippen molar-refractivity contribution in [2.45, 2.75) is 57.8 Å². The summed E-state index contributed by atoms with van der Waals surface area (Å²) in [5.74, 6) is 0.328. The van der Waals surface area contributed by atoms with Gasteiger partial charge in [-0.2, -0.15) is 0 Å². The maximum absolute atomic E-state index is 12.7. The molecule has 1 aromatic heterocycles. The first-order valence-corrected chi connectivity index (χ1v) is 11.7. The van der Waals surface area contributed by atoms with Crippen molar-refractivity contribution in [1.29, 1.82) is 0 Å². The minimum atomic E-state index is -0.566. The molecule has 4 rings (SSSR count). The predicted octanol–water partition coefficient (Wildman–Crippen LogP) is 2.25. The van der Waals surface area contributed by atoms with E-state index in [4.69, 9.17) is 4.74 Å². The van der Waals surface area contributed by atoms with Crippen LogP contribution in [0.4, 0.5) is 0 Å². The fraction of sp³-hybridized carbons (Fsp3) is 0.520. The molecule has 1 atom stereocenters. The van der Waals surface area contributed by atoms with E-state index in [9.17, 15) is 14.7 Å². The molecule has 8 nitrogen and oxygen atoms in total. The molecule has 1 amide bonds. The Hall–Kier alpha value is -2.84. The summed E-state index contributed by atoms with van der Waals surface area (Å²) in [5.41, 5.74) is 3.00. The summed E-state index contributed by atoms with van der Waals surface area (Å²) >= 11 is 0. The van der Waals surface area contributed by atoms with Crippen LogP contribution in [-0.2, 0) is 17.8 Å². The number of β-amino-alcohol motifs (C(OH)–C–C–N with tert-alkyl or cyclic N) is 1. The highest BCUT2D eigenvalue weighted by Crippen LogP contribution is 2.20. The van der Waals surface area contributed by atoms with Gasteiger partial charge in [0.05, 0.1) is 6.10 Å². The summed E-state index contributed by atoms with van der Waals surface area (Å²) < 4.78 is 5.93. The zero-order chi connectivity index (χ0) is 23.2. The Bertz CT molecular complexity index is 974. The van der Waals surface area contributed by atoms with Crippen LogP contribution in [0.2, 0.25) is 0 Å². The molecule has 0 radical (unpaired) electrons. The summed E-state index contributed by atoms with van der Waals surface area (Å²) in [6, 6.07) is 9.99. The first-order chi connectivity index (χ1) is 16.0. The van der Waals surface area contributed by atoms with E-state index in [0.717, 1.165) is 32.4 Å². The van der Waals surface area contributed by atoms with Gasteiger partial charge in [-0.25, -0.2) is 9.97 Å². The molecule has 0 unspecified atom stereocenters. The van der Waals surface area contributed by atoms with Gasteiger partial charge >= 0.3 is 0 Å². The number of aliphatic hydroxyl groups excluding tert-OH is 1. The quantitative estimate of drug-likeness (QED) is 0.614. The van der Waals surface area contributed by atoms with Crippen LogP contribution in [0, 0.1) is 0 Å². The van der Waals surface area contributed by atoms with Crippen molar-refractivity contribution >= 4 is 11.7 Å². The lowest BCUT2D eigenvalue weighted by Gasteiger charge is -2.31. The van der Waals surface area contributed by atoms with E-state index in [1.54, 1.807) is 13.0 Å². The smallest absolute Gasteiger partial charge is 0.219 e. The molecule has 2 aliphatic heterocycles. The Labute approximate surface area is 194 Å². The summed E-state index contributed by atoms with van der Waals surface area (Å²) in [4.78, 5) is 36.4. The molecule has 1 saturated heterocycles. The van der Waals surface area contributed by atoms with Gasteiger partial charge in [0.2, 0.25) is 11.8 Å². The molecule has 176 valence electrons. The van der Waals surface area contributed by atoms with Crippen LogP contribution in [0.25, 0.3) is 0 Å². The highest BCUT2D eigenvalue weighted by Gasteiger charge is 2.23. The maximum atomic E-state index is 12.7. The number of hydrogen-bond donors (Lipinski definition) is 1. The number of hydrogen-bond acceptors (Lipinski definition) is 7. The van der Waals surface area contributed by atoms with Crippen molar-refractivity contribution < 1.29 is 19.4 Å². The van der Waals surface area contributed by atoms with Crippen LogP contribution >= 0.6 is 0 Å². The lowest BCUT2D eigenvalue weighted by atomic mass is 9.99. The molecule has 0 bridgehead atoms. The minimum Gasteiger partial charge on any atom is -0.474 e. The third-order valence-electron chi connectivity index (χ3n) is 6.49. The molecular formula is C25H32N4O4. The molecule has 2 aliphatic rings. The lowest BCUT2D eigenvalue weighted by molar-refractivity contribution is -0.130. The molecule has 0 spiro atoms. The van der Waals surface area contributed by atoms with Crippen LogP contribution < -0.4 is 4.74 Å².